The van der Waals surface area contributed by atoms with E-state index >= 15 is 0 Å². The minimum absolute atomic E-state index is 0.236. The van der Waals surface area contributed by atoms with Crippen LogP contribution in [0.3, 0.4) is 0 Å². The van der Waals surface area contributed by atoms with Crippen LogP contribution in [0.1, 0.15) is 26.3 Å². The molecule has 18 heavy (non-hydrogen) atoms. The monoisotopic (exact) mass is 253 g/mol. The topological polar surface area (TPSA) is 53.7 Å². The molecule has 0 saturated heterocycles. The second-order valence-electron chi connectivity index (χ2n) is 4.27. The van der Waals surface area contributed by atoms with Crippen LogP contribution in [0.15, 0.2) is 18.2 Å². The lowest BCUT2D eigenvalue weighted by molar-refractivity contribution is 0.0138. The van der Waals surface area contributed by atoms with Crippen molar-refractivity contribution in [3.8, 4) is 5.75 Å². The summed E-state index contributed by atoms with van der Waals surface area (Å²) in [6.45, 7) is 8.26. The lowest BCUT2D eigenvalue weighted by Gasteiger charge is -2.12. The molecular formula is C14H23NO3. The zero-order chi connectivity index (χ0) is 13.4. The fraction of sp³-hybridized carbons (Fsp3) is 0.571. The number of ether oxygens (including phenoxy) is 3. The van der Waals surface area contributed by atoms with Crippen LogP contribution < -0.4 is 10.5 Å². The molecule has 0 spiro atoms. The van der Waals surface area contributed by atoms with Gasteiger partial charge in [0.25, 0.3) is 0 Å². The summed E-state index contributed by atoms with van der Waals surface area (Å²) in [6, 6.07) is 5.59. The Morgan fingerprint density at radius 3 is 2.67 bits per heavy atom. The molecule has 0 saturated carbocycles. The standard InChI is InChI=1S/C14H23NO3/c1-4-17-14-6-5-13(15)9-12(14)10-16-7-8-18-11(2)3/h5-6,9,11H,4,7-8,10,15H2,1-3H3. The Morgan fingerprint density at radius 2 is 2.00 bits per heavy atom. The molecule has 2 N–H and O–H groups in total. The largest absolute Gasteiger partial charge is 0.494 e. The molecule has 0 radical (unpaired) electrons. The summed E-state index contributed by atoms with van der Waals surface area (Å²) in [5, 5.41) is 0. The van der Waals surface area contributed by atoms with E-state index in [9.17, 15) is 0 Å². The number of hydrogen-bond acceptors (Lipinski definition) is 4. The summed E-state index contributed by atoms with van der Waals surface area (Å²) >= 11 is 0. The third kappa shape index (κ3) is 5.38. The van der Waals surface area contributed by atoms with Crippen LogP contribution in [0.25, 0.3) is 0 Å². The van der Waals surface area contributed by atoms with E-state index in [1.807, 2.05) is 39.0 Å². The maximum atomic E-state index is 5.76. The molecule has 4 nitrogen and oxygen atoms in total. The first-order chi connectivity index (χ1) is 8.63. The van der Waals surface area contributed by atoms with Gasteiger partial charge in [-0.3, -0.25) is 0 Å². The molecule has 0 aliphatic rings. The van der Waals surface area contributed by atoms with Crippen LogP contribution >= 0.6 is 0 Å². The maximum absolute atomic E-state index is 5.76. The zero-order valence-corrected chi connectivity index (χ0v) is 11.4. The zero-order valence-electron chi connectivity index (χ0n) is 11.4. The van der Waals surface area contributed by atoms with Gasteiger partial charge in [-0.05, 0) is 39.0 Å². The van der Waals surface area contributed by atoms with E-state index in [1.54, 1.807) is 0 Å². The molecule has 0 bridgehead atoms. The van der Waals surface area contributed by atoms with E-state index in [4.69, 9.17) is 19.9 Å². The van der Waals surface area contributed by atoms with Gasteiger partial charge in [-0.25, -0.2) is 0 Å². The van der Waals surface area contributed by atoms with E-state index in [1.165, 1.54) is 0 Å². The predicted molar refractivity (Wildman–Crippen MR) is 72.8 cm³/mol. The molecule has 4 heteroatoms. The van der Waals surface area contributed by atoms with Crippen molar-refractivity contribution in [3.63, 3.8) is 0 Å². The number of rotatable bonds is 8. The van der Waals surface area contributed by atoms with Gasteiger partial charge in [-0.2, -0.15) is 0 Å². The summed E-state index contributed by atoms with van der Waals surface area (Å²) in [7, 11) is 0. The first-order valence-electron chi connectivity index (χ1n) is 6.34. The Bertz CT molecular complexity index is 353. The Labute approximate surface area is 109 Å². The molecule has 0 amide bonds. The van der Waals surface area contributed by atoms with E-state index in [0.717, 1.165) is 17.0 Å². The van der Waals surface area contributed by atoms with E-state index in [2.05, 4.69) is 0 Å². The van der Waals surface area contributed by atoms with Gasteiger partial charge in [0.05, 0.1) is 32.5 Å². The van der Waals surface area contributed by atoms with Crippen LogP contribution in [0.2, 0.25) is 0 Å². The van der Waals surface area contributed by atoms with Gasteiger partial charge in [0.15, 0.2) is 0 Å². The lowest BCUT2D eigenvalue weighted by Crippen LogP contribution is -2.10. The van der Waals surface area contributed by atoms with E-state index in [0.29, 0.717) is 26.4 Å². The van der Waals surface area contributed by atoms with Gasteiger partial charge in [-0.15, -0.1) is 0 Å². The highest BCUT2D eigenvalue weighted by Gasteiger charge is 2.04. The van der Waals surface area contributed by atoms with Gasteiger partial charge in [0, 0.05) is 11.3 Å². The lowest BCUT2D eigenvalue weighted by atomic mass is 10.2. The van der Waals surface area contributed by atoms with Crippen molar-refractivity contribution in [3.05, 3.63) is 23.8 Å². The third-order valence-corrected chi connectivity index (χ3v) is 2.32. The van der Waals surface area contributed by atoms with Gasteiger partial charge in [-0.1, -0.05) is 0 Å². The predicted octanol–water partition coefficient (Wildman–Crippen LogP) is 2.61. The summed E-state index contributed by atoms with van der Waals surface area (Å²) in [5.41, 5.74) is 7.45. The first kappa shape index (κ1) is 14.8. The van der Waals surface area contributed by atoms with Crippen molar-refractivity contribution in [2.45, 2.75) is 33.5 Å². The molecule has 0 atom stereocenters. The second-order valence-corrected chi connectivity index (χ2v) is 4.27. The van der Waals surface area contributed by atoms with Gasteiger partial charge in [0.2, 0.25) is 0 Å². The van der Waals surface area contributed by atoms with Crippen molar-refractivity contribution in [1.82, 2.24) is 0 Å². The molecular weight excluding hydrogens is 230 g/mol. The normalized spacial score (nSPS) is 10.9. The van der Waals surface area contributed by atoms with Crippen LogP contribution in [0.4, 0.5) is 5.69 Å². The van der Waals surface area contributed by atoms with Crippen LogP contribution in [0.5, 0.6) is 5.75 Å². The molecule has 1 aromatic carbocycles. The van der Waals surface area contributed by atoms with Crippen molar-refractivity contribution in [1.29, 1.82) is 0 Å². The Morgan fingerprint density at radius 1 is 1.22 bits per heavy atom. The summed E-state index contributed by atoms with van der Waals surface area (Å²) in [4.78, 5) is 0. The highest BCUT2D eigenvalue weighted by atomic mass is 16.5. The second kappa shape index (κ2) is 7.95. The number of benzene rings is 1. The molecule has 0 aromatic heterocycles. The Kier molecular flexibility index (Phi) is 6.54. The number of nitrogen functional groups attached to an aromatic ring is 1. The van der Waals surface area contributed by atoms with Crippen molar-refractivity contribution < 1.29 is 14.2 Å². The third-order valence-electron chi connectivity index (χ3n) is 2.32. The van der Waals surface area contributed by atoms with Crippen molar-refractivity contribution in [2.24, 2.45) is 0 Å². The highest BCUT2D eigenvalue weighted by Crippen LogP contribution is 2.22. The van der Waals surface area contributed by atoms with Gasteiger partial charge in [0.1, 0.15) is 5.75 Å². The average Bonchev–Trinajstić information content (AvgIpc) is 2.32. The Balaban J connectivity index is 2.42. The molecule has 1 aromatic rings. The quantitative estimate of drug-likeness (QED) is 0.571. The van der Waals surface area contributed by atoms with Crippen LogP contribution in [0, 0.1) is 0 Å². The van der Waals surface area contributed by atoms with Crippen molar-refractivity contribution >= 4 is 5.69 Å². The fourth-order valence-electron chi connectivity index (χ4n) is 1.53. The molecule has 0 fully saturated rings. The molecule has 0 unspecified atom stereocenters. The molecule has 0 heterocycles. The van der Waals surface area contributed by atoms with Crippen LogP contribution in [-0.4, -0.2) is 25.9 Å². The number of anilines is 1. The number of nitrogens with two attached hydrogens (primary N) is 1. The van der Waals surface area contributed by atoms with E-state index in [-0.39, 0.29) is 6.10 Å². The maximum Gasteiger partial charge on any atom is 0.124 e. The molecule has 0 aliphatic heterocycles. The summed E-state index contributed by atoms with van der Waals surface area (Å²) < 4.78 is 16.5. The van der Waals surface area contributed by atoms with Crippen molar-refractivity contribution in [2.75, 3.05) is 25.6 Å². The first-order valence-corrected chi connectivity index (χ1v) is 6.34. The smallest absolute Gasteiger partial charge is 0.124 e. The highest BCUT2D eigenvalue weighted by molar-refractivity contribution is 5.47. The summed E-state index contributed by atoms with van der Waals surface area (Å²) in [6.07, 6.45) is 0.236. The fourth-order valence-corrected chi connectivity index (χ4v) is 1.53. The number of hydrogen-bond donors (Lipinski definition) is 1. The van der Waals surface area contributed by atoms with Crippen LogP contribution in [-0.2, 0) is 16.1 Å². The van der Waals surface area contributed by atoms with E-state index < -0.39 is 0 Å². The van der Waals surface area contributed by atoms with Gasteiger partial charge >= 0.3 is 0 Å². The van der Waals surface area contributed by atoms with Gasteiger partial charge < -0.3 is 19.9 Å². The summed E-state index contributed by atoms with van der Waals surface area (Å²) in [5.74, 6) is 0.830. The average molecular weight is 253 g/mol. The minimum atomic E-state index is 0.236. The molecule has 0 aliphatic carbocycles. The minimum Gasteiger partial charge on any atom is -0.494 e. The Hall–Kier alpha value is -1.26. The molecule has 1 rings (SSSR count). The SMILES string of the molecule is CCOc1ccc(N)cc1COCCOC(C)C. The molecule has 102 valence electrons.